The van der Waals surface area contributed by atoms with Crippen LogP contribution in [0.1, 0.15) is 82.2 Å². The fourth-order valence-electron chi connectivity index (χ4n) is 4.80. The van der Waals surface area contributed by atoms with Crippen molar-refractivity contribution in [2.24, 2.45) is 7.05 Å². The Morgan fingerprint density at radius 3 is 2.58 bits per heavy atom. The molecule has 2 atom stereocenters. The summed E-state index contributed by atoms with van der Waals surface area (Å²) in [4.78, 5) is 36.6. The van der Waals surface area contributed by atoms with Crippen LogP contribution in [-0.4, -0.2) is 37.7 Å². The first-order valence-corrected chi connectivity index (χ1v) is 12.6. The van der Waals surface area contributed by atoms with Gasteiger partial charge in [-0.2, -0.15) is 0 Å². The Balaban J connectivity index is 1.76. The Labute approximate surface area is 218 Å². The number of likely N-dealkylation sites (tertiary alicyclic amines) is 1. The third-order valence-corrected chi connectivity index (χ3v) is 6.64. The maximum Gasteiger partial charge on any atom is 0.410 e. The number of piperidine rings is 1. The van der Waals surface area contributed by atoms with E-state index in [1.165, 1.54) is 23.0 Å². The van der Waals surface area contributed by atoms with Crippen molar-refractivity contribution in [3.8, 4) is 0 Å². The standard InChI is InChI=1S/C27H32F3N5O3/c1-15(16-9-8-10-17(21(16)28)22(29)30)33-23-19-13-18(25(36)34(5)24(19)32-14-31-23)20-11-6-7-12-35(20)26(37)38-27(2,3)4/h8-10,13-15,20,22H,6-7,11-12H2,1-5H3,(H,31,32,33)/t15-,20?/m1/s1. The number of aryl methyl sites for hydroxylation is 1. The molecule has 8 nitrogen and oxygen atoms in total. The lowest BCUT2D eigenvalue weighted by Gasteiger charge is -2.36. The highest BCUT2D eigenvalue weighted by atomic mass is 19.3. The van der Waals surface area contributed by atoms with Crippen LogP contribution in [0, 0.1) is 5.82 Å². The molecule has 4 rings (SSSR count). The summed E-state index contributed by atoms with van der Waals surface area (Å²) in [5, 5.41) is 3.58. The van der Waals surface area contributed by atoms with Crippen molar-refractivity contribution in [2.45, 2.75) is 71.1 Å². The molecule has 0 bridgehead atoms. The molecule has 204 valence electrons. The van der Waals surface area contributed by atoms with Crippen LogP contribution in [0.15, 0.2) is 35.4 Å². The van der Waals surface area contributed by atoms with Crippen molar-refractivity contribution in [1.82, 2.24) is 19.4 Å². The third-order valence-electron chi connectivity index (χ3n) is 6.64. The number of halogens is 3. The molecule has 3 heterocycles. The van der Waals surface area contributed by atoms with Crippen LogP contribution in [0.25, 0.3) is 11.0 Å². The summed E-state index contributed by atoms with van der Waals surface area (Å²) in [6.07, 6.45) is 0.0465. The van der Waals surface area contributed by atoms with Gasteiger partial charge in [-0.05, 0) is 53.0 Å². The maximum absolute atomic E-state index is 14.8. The van der Waals surface area contributed by atoms with E-state index < -0.39 is 41.6 Å². The summed E-state index contributed by atoms with van der Waals surface area (Å²) in [6, 6.07) is 4.30. The molecule has 3 aromatic rings. The highest BCUT2D eigenvalue weighted by Crippen LogP contribution is 2.34. The monoisotopic (exact) mass is 531 g/mol. The van der Waals surface area contributed by atoms with Crippen molar-refractivity contribution in [3.63, 3.8) is 0 Å². The van der Waals surface area contributed by atoms with Crippen molar-refractivity contribution in [1.29, 1.82) is 0 Å². The number of carbonyl (C=O) groups is 1. The quantitative estimate of drug-likeness (QED) is 0.432. The highest BCUT2D eigenvalue weighted by Gasteiger charge is 2.33. The summed E-state index contributed by atoms with van der Waals surface area (Å²) < 4.78 is 48.3. The summed E-state index contributed by atoms with van der Waals surface area (Å²) in [7, 11) is 1.58. The lowest BCUT2D eigenvalue weighted by Crippen LogP contribution is -2.43. The molecule has 0 saturated carbocycles. The number of hydrogen-bond donors (Lipinski definition) is 1. The van der Waals surface area contributed by atoms with Crippen molar-refractivity contribution in [2.75, 3.05) is 11.9 Å². The first-order valence-electron chi connectivity index (χ1n) is 12.6. The molecule has 0 radical (unpaired) electrons. The minimum Gasteiger partial charge on any atom is -0.444 e. The number of nitrogens with zero attached hydrogens (tertiary/aromatic N) is 4. The smallest absolute Gasteiger partial charge is 0.410 e. The average molecular weight is 532 g/mol. The fraction of sp³-hybridized carbons (Fsp3) is 0.481. The fourth-order valence-corrected chi connectivity index (χ4v) is 4.80. The molecule has 38 heavy (non-hydrogen) atoms. The van der Waals surface area contributed by atoms with Gasteiger partial charge in [0.15, 0.2) is 0 Å². The molecule has 11 heteroatoms. The van der Waals surface area contributed by atoms with Crippen LogP contribution in [0.4, 0.5) is 23.8 Å². The zero-order chi connectivity index (χ0) is 27.8. The number of rotatable bonds is 5. The van der Waals surface area contributed by atoms with Gasteiger partial charge >= 0.3 is 6.09 Å². The first-order chi connectivity index (χ1) is 17.9. The summed E-state index contributed by atoms with van der Waals surface area (Å²) >= 11 is 0. The number of anilines is 1. The molecule has 1 aromatic carbocycles. The Morgan fingerprint density at radius 2 is 1.89 bits per heavy atom. The SMILES string of the molecule is C[C@@H](Nc1ncnc2c1cc(C1CCCCN1C(=O)OC(C)(C)C)c(=O)n2C)c1cccc(C(F)F)c1F. The van der Waals surface area contributed by atoms with Crippen LogP contribution in [0.2, 0.25) is 0 Å². The average Bonchev–Trinajstić information content (AvgIpc) is 2.85. The van der Waals surface area contributed by atoms with E-state index in [1.54, 1.807) is 45.7 Å². The van der Waals surface area contributed by atoms with Gasteiger partial charge in [0.05, 0.1) is 23.0 Å². The lowest BCUT2D eigenvalue weighted by molar-refractivity contribution is 0.00933. The van der Waals surface area contributed by atoms with Crippen LogP contribution < -0.4 is 10.9 Å². The second kappa shape index (κ2) is 10.6. The van der Waals surface area contributed by atoms with E-state index in [0.29, 0.717) is 35.4 Å². The van der Waals surface area contributed by atoms with Crippen LogP contribution in [0.5, 0.6) is 0 Å². The maximum atomic E-state index is 14.8. The number of hydrogen-bond acceptors (Lipinski definition) is 6. The van der Waals surface area contributed by atoms with Gasteiger partial charge in [0.25, 0.3) is 12.0 Å². The number of aromatic nitrogens is 3. The summed E-state index contributed by atoms with van der Waals surface area (Å²) in [5.74, 6) is -0.676. The Hall–Kier alpha value is -3.63. The molecule has 2 aromatic heterocycles. The second-order valence-electron chi connectivity index (χ2n) is 10.5. The molecule has 1 saturated heterocycles. The van der Waals surface area contributed by atoms with E-state index >= 15 is 0 Å². The van der Waals surface area contributed by atoms with E-state index in [2.05, 4.69) is 15.3 Å². The number of nitrogens with one attached hydrogen (secondary N) is 1. The van der Waals surface area contributed by atoms with Crippen LogP contribution >= 0.6 is 0 Å². The van der Waals surface area contributed by atoms with E-state index in [1.807, 2.05) is 0 Å². The highest BCUT2D eigenvalue weighted by molar-refractivity contribution is 5.87. The number of benzene rings is 1. The number of alkyl halides is 2. The van der Waals surface area contributed by atoms with Gasteiger partial charge in [-0.3, -0.25) is 9.36 Å². The molecule has 0 aliphatic carbocycles. The predicted octanol–water partition coefficient (Wildman–Crippen LogP) is 6.04. The Kier molecular flexibility index (Phi) is 7.66. The lowest BCUT2D eigenvalue weighted by atomic mass is 9.95. The number of amides is 1. The second-order valence-corrected chi connectivity index (χ2v) is 10.5. The number of ether oxygens (including phenoxy) is 1. The zero-order valence-electron chi connectivity index (χ0n) is 22.1. The van der Waals surface area contributed by atoms with E-state index in [-0.39, 0.29) is 11.1 Å². The minimum absolute atomic E-state index is 0.0583. The Morgan fingerprint density at radius 1 is 1.18 bits per heavy atom. The van der Waals surface area contributed by atoms with E-state index in [0.717, 1.165) is 18.9 Å². The van der Waals surface area contributed by atoms with E-state index in [9.17, 15) is 22.8 Å². The normalized spacial score (nSPS) is 17.1. The topological polar surface area (TPSA) is 89.4 Å². The van der Waals surface area contributed by atoms with Crippen LogP contribution in [0.3, 0.4) is 0 Å². The van der Waals surface area contributed by atoms with Gasteiger partial charge in [-0.25, -0.2) is 27.9 Å². The largest absolute Gasteiger partial charge is 0.444 e. The van der Waals surface area contributed by atoms with Gasteiger partial charge in [0.2, 0.25) is 0 Å². The molecule has 1 aliphatic heterocycles. The van der Waals surface area contributed by atoms with Gasteiger partial charge < -0.3 is 15.0 Å². The van der Waals surface area contributed by atoms with Gasteiger partial charge in [0.1, 0.15) is 29.2 Å². The molecule has 0 spiro atoms. The number of pyridine rings is 1. The molecule has 1 unspecified atom stereocenters. The predicted molar refractivity (Wildman–Crippen MR) is 138 cm³/mol. The van der Waals surface area contributed by atoms with Crippen molar-refractivity contribution in [3.05, 3.63) is 63.5 Å². The third kappa shape index (κ3) is 5.46. The van der Waals surface area contributed by atoms with Gasteiger partial charge in [0, 0.05) is 24.7 Å². The molecule has 1 aliphatic rings. The van der Waals surface area contributed by atoms with Crippen LogP contribution in [-0.2, 0) is 11.8 Å². The van der Waals surface area contributed by atoms with Gasteiger partial charge in [-0.1, -0.05) is 18.2 Å². The summed E-state index contributed by atoms with van der Waals surface area (Å²) in [5.41, 5.74) is -0.875. The number of carbonyl (C=O) groups excluding carboxylic acids is 1. The van der Waals surface area contributed by atoms with E-state index in [4.69, 9.17) is 4.74 Å². The first kappa shape index (κ1) is 27.4. The molecule has 1 fully saturated rings. The van der Waals surface area contributed by atoms with Gasteiger partial charge in [-0.15, -0.1) is 0 Å². The zero-order valence-corrected chi connectivity index (χ0v) is 22.1. The number of fused-ring (bicyclic) bond motifs is 1. The Bertz CT molecular complexity index is 1400. The van der Waals surface area contributed by atoms with Crippen molar-refractivity contribution < 1.29 is 22.7 Å². The molecule has 1 N–H and O–H groups in total. The molecular formula is C27H32F3N5O3. The minimum atomic E-state index is -2.94. The summed E-state index contributed by atoms with van der Waals surface area (Å²) in [6.45, 7) is 7.45. The molecular weight excluding hydrogens is 499 g/mol. The van der Waals surface area contributed by atoms with Crippen molar-refractivity contribution >= 4 is 22.9 Å². The molecule has 1 amide bonds.